The number of carbonyl (C=O) groups is 2. The Balaban J connectivity index is 1.72. The standard InChI is InChI=1S/C14H24N2O4S/c17-12(18)14(3-5-20-6-4-14)10-16-13(19)15-9-11-1-7-21-8-2-11/h11H,1-10H2,(H,17,18)(H2,15,16,19). The van der Waals surface area contributed by atoms with Crippen LogP contribution in [0.1, 0.15) is 25.7 Å². The summed E-state index contributed by atoms with van der Waals surface area (Å²) in [4.78, 5) is 23.3. The molecule has 3 N–H and O–H groups in total. The zero-order valence-corrected chi connectivity index (χ0v) is 13.0. The van der Waals surface area contributed by atoms with Gasteiger partial charge >= 0.3 is 12.0 Å². The number of ether oxygens (including phenoxy) is 1. The van der Waals surface area contributed by atoms with Gasteiger partial charge in [0.25, 0.3) is 0 Å². The molecule has 0 spiro atoms. The van der Waals surface area contributed by atoms with E-state index in [1.807, 2.05) is 11.8 Å². The molecule has 0 saturated carbocycles. The Morgan fingerprint density at radius 3 is 2.48 bits per heavy atom. The molecule has 0 aromatic rings. The molecule has 21 heavy (non-hydrogen) atoms. The van der Waals surface area contributed by atoms with Crippen LogP contribution in [0.15, 0.2) is 0 Å². The van der Waals surface area contributed by atoms with Crippen molar-refractivity contribution in [2.75, 3.05) is 37.8 Å². The molecule has 2 saturated heterocycles. The van der Waals surface area contributed by atoms with E-state index in [9.17, 15) is 14.7 Å². The van der Waals surface area contributed by atoms with Crippen molar-refractivity contribution in [3.05, 3.63) is 0 Å². The highest BCUT2D eigenvalue weighted by atomic mass is 32.2. The largest absolute Gasteiger partial charge is 0.481 e. The van der Waals surface area contributed by atoms with Crippen LogP contribution >= 0.6 is 11.8 Å². The van der Waals surface area contributed by atoms with Gasteiger partial charge in [0.05, 0.1) is 5.41 Å². The van der Waals surface area contributed by atoms with Crippen molar-refractivity contribution in [2.24, 2.45) is 11.3 Å². The van der Waals surface area contributed by atoms with Gasteiger partial charge in [0.2, 0.25) is 0 Å². The number of urea groups is 1. The minimum atomic E-state index is -0.878. The lowest BCUT2D eigenvalue weighted by Gasteiger charge is -2.33. The van der Waals surface area contributed by atoms with Gasteiger partial charge in [0, 0.05) is 26.3 Å². The first-order valence-corrected chi connectivity index (χ1v) is 8.68. The fourth-order valence-electron chi connectivity index (χ4n) is 2.73. The van der Waals surface area contributed by atoms with Gasteiger partial charge < -0.3 is 20.5 Å². The summed E-state index contributed by atoms with van der Waals surface area (Å²) in [6.07, 6.45) is 3.17. The van der Waals surface area contributed by atoms with Gasteiger partial charge in [-0.25, -0.2) is 4.79 Å². The number of thioether (sulfide) groups is 1. The van der Waals surface area contributed by atoms with E-state index >= 15 is 0 Å². The van der Waals surface area contributed by atoms with E-state index in [1.165, 1.54) is 0 Å². The van der Waals surface area contributed by atoms with Crippen LogP contribution in [0.3, 0.4) is 0 Å². The predicted octanol–water partition coefficient (Wildman–Crippen LogP) is 1.31. The predicted molar refractivity (Wildman–Crippen MR) is 81.6 cm³/mol. The number of nitrogens with one attached hydrogen (secondary N) is 2. The number of aliphatic carboxylic acids is 1. The summed E-state index contributed by atoms with van der Waals surface area (Å²) in [6.45, 7) is 1.72. The van der Waals surface area contributed by atoms with E-state index in [0.717, 1.165) is 24.3 Å². The van der Waals surface area contributed by atoms with Crippen molar-refractivity contribution in [1.82, 2.24) is 10.6 Å². The summed E-state index contributed by atoms with van der Waals surface area (Å²) in [5.41, 5.74) is -0.878. The summed E-state index contributed by atoms with van der Waals surface area (Å²) in [5, 5.41) is 15.0. The summed E-state index contributed by atoms with van der Waals surface area (Å²) < 4.78 is 5.21. The Labute approximate surface area is 129 Å². The van der Waals surface area contributed by atoms with E-state index in [-0.39, 0.29) is 12.6 Å². The lowest BCUT2D eigenvalue weighted by Crippen LogP contribution is -2.49. The first-order valence-electron chi connectivity index (χ1n) is 7.53. The summed E-state index contributed by atoms with van der Waals surface area (Å²) in [7, 11) is 0. The number of hydrogen-bond donors (Lipinski definition) is 3. The maximum absolute atomic E-state index is 11.8. The minimum absolute atomic E-state index is 0.165. The second-order valence-corrected chi connectivity index (χ2v) is 7.04. The van der Waals surface area contributed by atoms with Crippen LogP contribution in [-0.2, 0) is 9.53 Å². The van der Waals surface area contributed by atoms with E-state index in [2.05, 4.69) is 10.6 Å². The Kier molecular flexibility index (Phi) is 6.17. The van der Waals surface area contributed by atoms with Crippen LogP contribution in [0, 0.1) is 11.3 Å². The average molecular weight is 316 g/mol. The van der Waals surface area contributed by atoms with Gasteiger partial charge in [0.1, 0.15) is 0 Å². The normalized spacial score (nSPS) is 22.5. The third-order valence-electron chi connectivity index (χ3n) is 4.38. The molecule has 0 aromatic carbocycles. The molecule has 0 atom stereocenters. The molecule has 0 bridgehead atoms. The molecule has 2 aliphatic rings. The van der Waals surface area contributed by atoms with Crippen LogP contribution in [-0.4, -0.2) is 54.9 Å². The van der Waals surface area contributed by atoms with Gasteiger partial charge in [-0.2, -0.15) is 11.8 Å². The Morgan fingerprint density at radius 2 is 1.86 bits per heavy atom. The third-order valence-corrected chi connectivity index (χ3v) is 5.43. The van der Waals surface area contributed by atoms with Gasteiger partial charge in [0.15, 0.2) is 0 Å². The van der Waals surface area contributed by atoms with Crippen LogP contribution in [0.5, 0.6) is 0 Å². The van der Waals surface area contributed by atoms with E-state index in [1.54, 1.807) is 0 Å². The van der Waals surface area contributed by atoms with Gasteiger partial charge in [-0.15, -0.1) is 0 Å². The number of carboxylic acid groups (broad SMARTS) is 1. The van der Waals surface area contributed by atoms with Gasteiger partial charge in [-0.05, 0) is 43.1 Å². The smallest absolute Gasteiger partial charge is 0.314 e. The molecule has 0 unspecified atom stereocenters. The Hall–Kier alpha value is -0.950. The van der Waals surface area contributed by atoms with Crippen molar-refractivity contribution in [3.63, 3.8) is 0 Å². The van der Waals surface area contributed by atoms with Crippen LogP contribution in [0.4, 0.5) is 4.79 Å². The second-order valence-electron chi connectivity index (χ2n) is 5.82. The number of amides is 2. The number of rotatable bonds is 5. The summed E-state index contributed by atoms with van der Waals surface area (Å²) in [6, 6.07) is -0.264. The summed E-state index contributed by atoms with van der Waals surface area (Å²) in [5.74, 6) is 2.02. The molecule has 2 amide bonds. The molecular weight excluding hydrogens is 292 g/mol. The first kappa shape index (κ1) is 16.4. The van der Waals surface area contributed by atoms with E-state index in [4.69, 9.17) is 4.74 Å². The van der Waals surface area contributed by atoms with Crippen molar-refractivity contribution in [1.29, 1.82) is 0 Å². The highest BCUT2D eigenvalue weighted by Crippen LogP contribution is 2.30. The molecule has 2 fully saturated rings. The maximum atomic E-state index is 11.8. The molecule has 0 radical (unpaired) electrons. The number of carbonyl (C=O) groups excluding carboxylic acids is 1. The molecule has 0 aliphatic carbocycles. The number of hydrogen-bond acceptors (Lipinski definition) is 4. The quantitative estimate of drug-likeness (QED) is 0.712. The van der Waals surface area contributed by atoms with Crippen molar-refractivity contribution >= 4 is 23.8 Å². The topological polar surface area (TPSA) is 87.7 Å². The first-order chi connectivity index (χ1) is 10.1. The second kappa shape index (κ2) is 7.89. The van der Waals surface area contributed by atoms with Crippen LogP contribution < -0.4 is 10.6 Å². The Morgan fingerprint density at radius 1 is 1.19 bits per heavy atom. The van der Waals surface area contributed by atoms with E-state index < -0.39 is 11.4 Å². The molecular formula is C14H24N2O4S. The zero-order valence-electron chi connectivity index (χ0n) is 12.2. The molecule has 2 aliphatic heterocycles. The average Bonchev–Trinajstić information content (AvgIpc) is 2.52. The molecule has 6 nitrogen and oxygen atoms in total. The monoisotopic (exact) mass is 316 g/mol. The lowest BCUT2D eigenvalue weighted by atomic mass is 9.80. The highest BCUT2D eigenvalue weighted by molar-refractivity contribution is 7.99. The van der Waals surface area contributed by atoms with E-state index in [0.29, 0.717) is 38.5 Å². The minimum Gasteiger partial charge on any atom is -0.481 e. The Bertz CT molecular complexity index is 366. The third kappa shape index (κ3) is 4.78. The van der Waals surface area contributed by atoms with Crippen LogP contribution in [0.25, 0.3) is 0 Å². The van der Waals surface area contributed by atoms with Crippen molar-refractivity contribution in [3.8, 4) is 0 Å². The van der Waals surface area contributed by atoms with Crippen LogP contribution in [0.2, 0.25) is 0 Å². The highest BCUT2D eigenvalue weighted by Gasteiger charge is 2.40. The van der Waals surface area contributed by atoms with Gasteiger partial charge in [-0.1, -0.05) is 0 Å². The molecule has 120 valence electrons. The fraction of sp³-hybridized carbons (Fsp3) is 0.857. The molecule has 7 heteroatoms. The maximum Gasteiger partial charge on any atom is 0.314 e. The number of carboxylic acids is 1. The zero-order chi connectivity index (χ0) is 15.1. The van der Waals surface area contributed by atoms with Gasteiger partial charge in [-0.3, -0.25) is 4.79 Å². The molecule has 0 aromatic heterocycles. The van der Waals surface area contributed by atoms with Crippen molar-refractivity contribution < 1.29 is 19.4 Å². The lowest BCUT2D eigenvalue weighted by molar-refractivity contribution is -0.154. The SMILES string of the molecule is O=C(NCC1CCSCC1)NCC1(C(=O)O)CCOCC1. The van der Waals surface area contributed by atoms with Crippen molar-refractivity contribution in [2.45, 2.75) is 25.7 Å². The summed E-state index contributed by atoms with van der Waals surface area (Å²) >= 11 is 1.96. The molecule has 2 heterocycles. The molecule has 2 rings (SSSR count). The fourth-order valence-corrected chi connectivity index (χ4v) is 3.93.